The average Bonchev–Trinajstić information content (AvgIpc) is 2.93. The molecule has 2 atom stereocenters. The monoisotopic (exact) mass is 500 g/mol. The van der Waals surface area contributed by atoms with E-state index in [1.807, 2.05) is 20.2 Å². The van der Waals surface area contributed by atoms with Crippen LogP contribution in [0.5, 0.6) is 0 Å². The van der Waals surface area contributed by atoms with E-state index in [0.29, 0.717) is 12.1 Å². The van der Waals surface area contributed by atoms with E-state index in [9.17, 15) is 0 Å². The van der Waals surface area contributed by atoms with Crippen molar-refractivity contribution >= 4 is 22.7 Å². The minimum absolute atomic E-state index is 0.456. The van der Waals surface area contributed by atoms with Gasteiger partial charge in [0.1, 0.15) is 5.82 Å². The van der Waals surface area contributed by atoms with Gasteiger partial charge in [-0.25, -0.2) is 4.98 Å². The molecule has 0 radical (unpaired) electrons. The van der Waals surface area contributed by atoms with E-state index >= 15 is 0 Å². The van der Waals surface area contributed by atoms with Gasteiger partial charge in [0.2, 0.25) is 5.95 Å². The molecule has 1 heterocycles. The second kappa shape index (κ2) is 12.7. The van der Waals surface area contributed by atoms with Gasteiger partial charge in [0.25, 0.3) is 0 Å². The van der Waals surface area contributed by atoms with Gasteiger partial charge in [-0.2, -0.15) is 4.98 Å². The molecule has 0 saturated heterocycles. The molecule has 6 heteroatoms. The van der Waals surface area contributed by atoms with Gasteiger partial charge in [0.15, 0.2) is 0 Å². The summed E-state index contributed by atoms with van der Waals surface area (Å²) in [5.74, 6) is 3.25. The molecule has 0 bridgehead atoms. The van der Waals surface area contributed by atoms with Crippen LogP contribution in [-0.2, 0) is 6.54 Å². The minimum Gasteiger partial charge on any atom is -0.362 e. The first-order valence-electron chi connectivity index (χ1n) is 14.3. The number of benzene rings is 2. The van der Waals surface area contributed by atoms with Gasteiger partial charge in [-0.15, -0.1) is 0 Å². The van der Waals surface area contributed by atoms with Crippen molar-refractivity contribution in [2.24, 2.45) is 11.8 Å². The fourth-order valence-corrected chi connectivity index (χ4v) is 6.20. The Kier molecular flexibility index (Phi) is 8.90. The number of nitrogens with one attached hydrogen (secondary N) is 3. The molecule has 3 aromatic rings. The highest BCUT2D eigenvalue weighted by atomic mass is 15.2. The molecule has 1 aromatic heterocycles. The van der Waals surface area contributed by atoms with Crippen LogP contribution in [0, 0.1) is 11.8 Å². The van der Waals surface area contributed by atoms with Gasteiger partial charge in [0.05, 0.1) is 5.52 Å². The second-order valence-electron chi connectivity index (χ2n) is 11.3. The van der Waals surface area contributed by atoms with Crippen LogP contribution < -0.4 is 20.9 Å². The summed E-state index contributed by atoms with van der Waals surface area (Å²) in [7, 11) is 4.09. The molecule has 0 spiro atoms. The van der Waals surface area contributed by atoms with Crippen LogP contribution in [0.15, 0.2) is 54.6 Å². The van der Waals surface area contributed by atoms with Crippen molar-refractivity contribution in [1.82, 2.24) is 20.6 Å². The number of hydrogen-bond donors (Lipinski definition) is 3. The Morgan fingerprint density at radius 1 is 0.811 bits per heavy atom. The SMILES string of the molecule is CN(C)c1nc(NC2CCC(CNC[C@@H]3CCCC[C@@H]3NCc3ccccc3)CC2)nc2ccccc12. The van der Waals surface area contributed by atoms with E-state index in [4.69, 9.17) is 9.97 Å². The molecule has 37 heavy (non-hydrogen) atoms. The molecule has 198 valence electrons. The fraction of sp³-hybridized carbons (Fsp3) is 0.548. The van der Waals surface area contributed by atoms with Crippen molar-refractivity contribution in [3.8, 4) is 0 Å². The number of anilines is 2. The van der Waals surface area contributed by atoms with Crippen molar-refractivity contribution in [3.63, 3.8) is 0 Å². The normalized spacial score (nSPS) is 24.2. The Labute approximate surface area is 222 Å². The molecular weight excluding hydrogens is 456 g/mol. The van der Waals surface area contributed by atoms with Crippen molar-refractivity contribution in [3.05, 3.63) is 60.2 Å². The highest BCUT2D eigenvalue weighted by Gasteiger charge is 2.26. The lowest BCUT2D eigenvalue weighted by molar-refractivity contribution is 0.242. The Morgan fingerprint density at radius 2 is 1.57 bits per heavy atom. The molecule has 2 fully saturated rings. The van der Waals surface area contributed by atoms with E-state index in [1.54, 1.807) is 0 Å². The fourth-order valence-electron chi connectivity index (χ4n) is 6.20. The first kappa shape index (κ1) is 25.9. The summed E-state index contributed by atoms with van der Waals surface area (Å²) < 4.78 is 0. The van der Waals surface area contributed by atoms with Gasteiger partial charge in [-0.05, 0) is 81.1 Å². The van der Waals surface area contributed by atoms with Crippen LogP contribution in [0.1, 0.15) is 56.9 Å². The standard InChI is InChI=1S/C31H44N6/c1-37(2)30-27-13-7-9-15-29(27)35-31(36-30)34-26-18-16-24(17-19-26)20-32-22-25-12-6-8-14-28(25)33-21-23-10-4-3-5-11-23/h3-5,7,9-11,13,15,24-26,28,32-33H,6,8,12,14,16-22H2,1-2H3,(H,34,35,36)/t24?,25-,26?,28-/m0/s1. The maximum Gasteiger partial charge on any atom is 0.225 e. The lowest BCUT2D eigenvalue weighted by Gasteiger charge is -2.34. The number of nitrogens with zero attached hydrogens (tertiary/aromatic N) is 3. The van der Waals surface area contributed by atoms with Crippen LogP contribution in [0.25, 0.3) is 10.9 Å². The third-order valence-electron chi connectivity index (χ3n) is 8.35. The summed E-state index contributed by atoms with van der Waals surface area (Å²) in [5.41, 5.74) is 2.39. The molecule has 2 aliphatic carbocycles. The van der Waals surface area contributed by atoms with Crippen LogP contribution >= 0.6 is 0 Å². The van der Waals surface area contributed by atoms with Crippen molar-refractivity contribution < 1.29 is 0 Å². The lowest BCUT2D eigenvalue weighted by Crippen LogP contribution is -2.43. The average molecular weight is 501 g/mol. The van der Waals surface area contributed by atoms with Crippen LogP contribution in [0.3, 0.4) is 0 Å². The first-order valence-corrected chi connectivity index (χ1v) is 14.3. The molecule has 5 rings (SSSR count). The molecule has 2 aliphatic rings. The first-order chi connectivity index (χ1) is 18.2. The van der Waals surface area contributed by atoms with Gasteiger partial charge in [0, 0.05) is 38.1 Å². The van der Waals surface area contributed by atoms with Crippen molar-refractivity contribution in [2.75, 3.05) is 37.4 Å². The molecule has 6 nitrogen and oxygen atoms in total. The molecule has 0 amide bonds. The molecule has 3 N–H and O–H groups in total. The van der Waals surface area contributed by atoms with Crippen LogP contribution in [-0.4, -0.2) is 49.2 Å². The number of hydrogen-bond acceptors (Lipinski definition) is 6. The van der Waals surface area contributed by atoms with Crippen molar-refractivity contribution in [2.45, 2.75) is 70.0 Å². The topological polar surface area (TPSA) is 65.1 Å². The Hall–Kier alpha value is -2.70. The van der Waals surface area contributed by atoms with Gasteiger partial charge in [-0.3, -0.25) is 0 Å². The zero-order valence-corrected chi connectivity index (χ0v) is 22.6. The maximum absolute atomic E-state index is 4.84. The maximum atomic E-state index is 4.84. The van der Waals surface area contributed by atoms with E-state index in [-0.39, 0.29) is 0 Å². The molecule has 2 saturated carbocycles. The Morgan fingerprint density at radius 3 is 2.38 bits per heavy atom. The smallest absolute Gasteiger partial charge is 0.225 e. The third-order valence-corrected chi connectivity index (χ3v) is 8.35. The largest absolute Gasteiger partial charge is 0.362 e. The molecule has 0 aliphatic heterocycles. The van der Waals surface area contributed by atoms with E-state index in [0.717, 1.165) is 54.1 Å². The second-order valence-corrected chi connectivity index (χ2v) is 11.3. The van der Waals surface area contributed by atoms with E-state index < -0.39 is 0 Å². The number of aromatic nitrogens is 2. The molecular formula is C31H44N6. The van der Waals surface area contributed by atoms with Crippen LogP contribution in [0.4, 0.5) is 11.8 Å². The van der Waals surface area contributed by atoms with Gasteiger partial charge >= 0.3 is 0 Å². The Balaban J connectivity index is 1.06. The highest BCUT2D eigenvalue weighted by Crippen LogP contribution is 2.29. The summed E-state index contributed by atoms with van der Waals surface area (Å²) in [6.45, 7) is 3.27. The van der Waals surface area contributed by atoms with Crippen LogP contribution in [0.2, 0.25) is 0 Å². The summed E-state index contributed by atoms with van der Waals surface area (Å²) in [5, 5.41) is 12.5. The van der Waals surface area contributed by atoms with E-state index in [1.165, 1.54) is 56.9 Å². The number of rotatable bonds is 10. The highest BCUT2D eigenvalue weighted by molar-refractivity contribution is 5.90. The lowest BCUT2D eigenvalue weighted by atomic mass is 9.83. The number of para-hydroxylation sites is 1. The summed E-state index contributed by atoms with van der Waals surface area (Å²) in [4.78, 5) is 11.7. The summed E-state index contributed by atoms with van der Waals surface area (Å²) >= 11 is 0. The quantitative estimate of drug-likeness (QED) is 0.337. The zero-order valence-electron chi connectivity index (χ0n) is 22.6. The number of fused-ring (bicyclic) bond motifs is 1. The van der Waals surface area contributed by atoms with E-state index in [2.05, 4.69) is 69.4 Å². The zero-order chi connectivity index (χ0) is 25.5. The minimum atomic E-state index is 0.456. The molecule has 2 aromatic carbocycles. The van der Waals surface area contributed by atoms with Crippen molar-refractivity contribution in [1.29, 1.82) is 0 Å². The summed E-state index contributed by atoms with van der Waals surface area (Å²) in [6, 6.07) is 20.2. The predicted molar refractivity (Wildman–Crippen MR) is 155 cm³/mol. The Bertz CT molecular complexity index is 1110. The van der Waals surface area contributed by atoms with Gasteiger partial charge in [-0.1, -0.05) is 55.3 Å². The third kappa shape index (κ3) is 6.99. The summed E-state index contributed by atoms with van der Waals surface area (Å²) in [6.07, 6.45) is 10.3. The van der Waals surface area contributed by atoms with Gasteiger partial charge < -0.3 is 20.9 Å². The molecule has 0 unspecified atom stereocenters. The predicted octanol–water partition coefficient (Wildman–Crippen LogP) is 5.60.